The molecule has 0 radical (unpaired) electrons. The number of benzene rings is 2. The lowest BCUT2D eigenvalue weighted by atomic mass is 10.1. The molecule has 0 saturated heterocycles. The van der Waals surface area contributed by atoms with Gasteiger partial charge in [-0.05, 0) is 34.5 Å². The van der Waals surface area contributed by atoms with Gasteiger partial charge in [0.15, 0.2) is 0 Å². The minimum absolute atomic E-state index is 0.583. The lowest BCUT2D eigenvalue weighted by molar-refractivity contribution is -0.870. The van der Waals surface area contributed by atoms with E-state index < -0.39 is 0 Å². The third-order valence-corrected chi connectivity index (χ3v) is 3.35. The van der Waals surface area contributed by atoms with Crippen molar-refractivity contribution in [3.8, 4) is 5.75 Å². The number of nitrogens with two attached hydrogens (primary N) is 1. The Hall–Kier alpha value is -1.58. The van der Waals surface area contributed by atoms with E-state index in [0.717, 1.165) is 35.4 Å². The van der Waals surface area contributed by atoms with Crippen molar-refractivity contribution >= 4 is 10.8 Å². The van der Waals surface area contributed by atoms with Gasteiger partial charge in [-0.15, -0.1) is 0 Å². The molecule has 3 nitrogen and oxygen atoms in total. The Bertz CT molecular complexity index is 573. The van der Waals surface area contributed by atoms with Crippen LogP contribution in [0, 0.1) is 0 Å². The van der Waals surface area contributed by atoms with Crippen LogP contribution in [0.25, 0.3) is 10.8 Å². The average Bonchev–Trinajstić information content (AvgIpc) is 2.42. The van der Waals surface area contributed by atoms with Gasteiger partial charge in [-0.25, -0.2) is 0 Å². The molecule has 0 saturated carbocycles. The average molecular weight is 273 g/mol. The Labute approximate surface area is 121 Å². The van der Waals surface area contributed by atoms with E-state index in [4.69, 9.17) is 10.5 Å². The van der Waals surface area contributed by atoms with Crippen molar-refractivity contribution in [2.75, 3.05) is 34.3 Å². The Morgan fingerprint density at radius 2 is 1.70 bits per heavy atom. The van der Waals surface area contributed by atoms with Gasteiger partial charge in [-0.1, -0.05) is 18.2 Å². The van der Waals surface area contributed by atoms with Gasteiger partial charge in [0.1, 0.15) is 5.75 Å². The van der Waals surface area contributed by atoms with Crippen molar-refractivity contribution in [1.82, 2.24) is 0 Å². The van der Waals surface area contributed by atoms with Crippen LogP contribution in [-0.4, -0.2) is 38.8 Å². The van der Waals surface area contributed by atoms with E-state index in [2.05, 4.69) is 51.5 Å². The summed E-state index contributed by atoms with van der Waals surface area (Å²) in [4.78, 5) is 0. The van der Waals surface area contributed by atoms with Crippen LogP contribution in [-0.2, 0) is 6.54 Å². The smallest absolute Gasteiger partial charge is 0.119 e. The van der Waals surface area contributed by atoms with Crippen LogP contribution >= 0.6 is 0 Å². The molecular formula is C17H25N2O+. The molecule has 2 rings (SSSR count). The zero-order chi connectivity index (χ0) is 14.6. The van der Waals surface area contributed by atoms with Crippen molar-refractivity contribution in [3.05, 3.63) is 42.0 Å². The third kappa shape index (κ3) is 4.22. The summed E-state index contributed by atoms with van der Waals surface area (Å²) >= 11 is 0. The van der Waals surface area contributed by atoms with Gasteiger partial charge in [-0.3, -0.25) is 0 Å². The highest BCUT2D eigenvalue weighted by Crippen LogP contribution is 2.22. The van der Waals surface area contributed by atoms with Gasteiger partial charge in [0.2, 0.25) is 0 Å². The molecule has 0 aliphatic carbocycles. The first-order chi connectivity index (χ1) is 9.48. The predicted octanol–water partition coefficient (Wildman–Crippen LogP) is 2.77. The first-order valence-electron chi connectivity index (χ1n) is 7.14. The monoisotopic (exact) mass is 273 g/mol. The van der Waals surface area contributed by atoms with Crippen molar-refractivity contribution < 1.29 is 9.22 Å². The summed E-state index contributed by atoms with van der Waals surface area (Å²) in [6.07, 6.45) is 1.06. The van der Waals surface area contributed by atoms with Gasteiger partial charge < -0.3 is 15.0 Å². The molecule has 2 aromatic carbocycles. The Kier molecular flexibility index (Phi) is 4.63. The molecule has 0 aliphatic rings. The highest BCUT2D eigenvalue weighted by molar-refractivity contribution is 5.84. The number of ether oxygens (including phenoxy) is 1. The number of quaternary nitrogens is 1. The second kappa shape index (κ2) is 6.25. The molecule has 0 fully saturated rings. The first-order valence-corrected chi connectivity index (χ1v) is 7.14. The van der Waals surface area contributed by atoms with E-state index in [0.29, 0.717) is 6.54 Å². The van der Waals surface area contributed by atoms with Crippen LogP contribution in [0.15, 0.2) is 36.4 Å². The Morgan fingerprint density at radius 3 is 2.40 bits per heavy atom. The number of fused-ring (bicyclic) bond motifs is 1. The largest absolute Gasteiger partial charge is 0.493 e. The molecule has 0 bridgehead atoms. The summed E-state index contributed by atoms with van der Waals surface area (Å²) < 4.78 is 6.81. The fourth-order valence-electron chi connectivity index (χ4n) is 2.22. The van der Waals surface area contributed by atoms with E-state index in [1.807, 2.05) is 6.07 Å². The van der Waals surface area contributed by atoms with Crippen molar-refractivity contribution in [1.29, 1.82) is 0 Å². The van der Waals surface area contributed by atoms with E-state index in [1.165, 1.54) is 10.8 Å². The van der Waals surface area contributed by atoms with E-state index in [-0.39, 0.29) is 0 Å². The molecule has 0 amide bonds. The van der Waals surface area contributed by atoms with E-state index >= 15 is 0 Å². The molecule has 2 aromatic rings. The Balaban J connectivity index is 1.98. The first kappa shape index (κ1) is 14.8. The standard InChI is InChI=1S/C17H25N2O/c1-19(2,3)9-4-10-20-17-8-7-15-11-14(13-18)5-6-16(15)12-17/h5-8,11-12H,4,9-10,13,18H2,1-3H3/q+1. The number of rotatable bonds is 6. The summed E-state index contributed by atoms with van der Waals surface area (Å²) in [5.74, 6) is 0.944. The minimum atomic E-state index is 0.583. The molecule has 0 atom stereocenters. The SMILES string of the molecule is C[N+](C)(C)CCCOc1ccc2cc(CN)ccc2c1. The molecule has 2 N–H and O–H groups in total. The van der Waals surface area contributed by atoms with Crippen LogP contribution < -0.4 is 10.5 Å². The highest BCUT2D eigenvalue weighted by atomic mass is 16.5. The van der Waals surface area contributed by atoms with Crippen LogP contribution in [0.4, 0.5) is 0 Å². The second-order valence-corrected chi connectivity index (χ2v) is 6.26. The summed E-state index contributed by atoms with van der Waals surface area (Å²) in [6.45, 7) is 2.47. The number of hydrogen-bond acceptors (Lipinski definition) is 2. The molecule has 0 aromatic heterocycles. The van der Waals surface area contributed by atoms with Gasteiger partial charge in [0, 0.05) is 13.0 Å². The second-order valence-electron chi connectivity index (χ2n) is 6.26. The van der Waals surface area contributed by atoms with Crippen LogP contribution in [0.5, 0.6) is 5.75 Å². The summed E-state index contributed by atoms with van der Waals surface area (Å²) in [5.41, 5.74) is 6.82. The zero-order valence-electron chi connectivity index (χ0n) is 12.7. The van der Waals surface area contributed by atoms with E-state index in [1.54, 1.807) is 0 Å². The summed E-state index contributed by atoms with van der Waals surface area (Å²) in [5, 5.41) is 2.41. The van der Waals surface area contributed by atoms with Gasteiger partial charge in [0.25, 0.3) is 0 Å². The molecule has 0 spiro atoms. The minimum Gasteiger partial charge on any atom is -0.493 e. The van der Waals surface area contributed by atoms with Crippen LogP contribution in [0.2, 0.25) is 0 Å². The van der Waals surface area contributed by atoms with Crippen molar-refractivity contribution in [2.24, 2.45) is 5.73 Å². The molecule has 20 heavy (non-hydrogen) atoms. The summed E-state index contributed by atoms with van der Waals surface area (Å²) in [7, 11) is 6.60. The normalized spacial score (nSPS) is 11.8. The number of hydrogen-bond donors (Lipinski definition) is 1. The van der Waals surface area contributed by atoms with Gasteiger partial charge in [0.05, 0.1) is 34.3 Å². The molecule has 0 aliphatic heterocycles. The Morgan fingerprint density at radius 1 is 1.00 bits per heavy atom. The fourth-order valence-corrected chi connectivity index (χ4v) is 2.22. The van der Waals surface area contributed by atoms with Crippen LogP contribution in [0.1, 0.15) is 12.0 Å². The lowest BCUT2D eigenvalue weighted by Gasteiger charge is -2.23. The van der Waals surface area contributed by atoms with Crippen LogP contribution in [0.3, 0.4) is 0 Å². The molecule has 108 valence electrons. The maximum atomic E-state index is 5.83. The maximum absolute atomic E-state index is 5.83. The topological polar surface area (TPSA) is 35.2 Å². The zero-order valence-corrected chi connectivity index (χ0v) is 12.7. The van der Waals surface area contributed by atoms with Crippen molar-refractivity contribution in [2.45, 2.75) is 13.0 Å². The summed E-state index contributed by atoms with van der Waals surface area (Å²) in [6, 6.07) is 12.6. The lowest BCUT2D eigenvalue weighted by Crippen LogP contribution is -2.35. The van der Waals surface area contributed by atoms with E-state index in [9.17, 15) is 0 Å². The molecule has 0 unspecified atom stereocenters. The highest BCUT2D eigenvalue weighted by Gasteiger charge is 2.06. The van der Waals surface area contributed by atoms with Gasteiger partial charge in [-0.2, -0.15) is 0 Å². The van der Waals surface area contributed by atoms with Gasteiger partial charge >= 0.3 is 0 Å². The third-order valence-electron chi connectivity index (χ3n) is 3.35. The quantitative estimate of drug-likeness (QED) is 0.649. The maximum Gasteiger partial charge on any atom is 0.119 e. The molecule has 0 heterocycles. The van der Waals surface area contributed by atoms with Crippen molar-refractivity contribution in [3.63, 3.8) is 0 Å². The molecular weight excluding hydrogens is 248 g/mol. The number of nitrogens with zero attached hydrogens (tertiary/aromatic N) is 1. The molecule has 3 heteroatoms. The predicted molar refractivity (Wildman–Crippen MR) is 84.9 cm³/mol. The fraction of sp³-hybridized carbons (Fsp3) is 0.412.